The second-order valence-corrected chi connectivity index (χ2v) is 26.7. The number of unbranched alkanes of at least 4 members (excludes halogenated alkanes) is 52. The number of aliphatic hydroxyl groups is 1. The molecule has 0 aliphatic rings. The first-order valence-corrected chi connectivity index (χ1v) is 35.8. The van der Waals surface area contributed by atoms with Crippen molar-refractivity contribution in [3.05, 3.63) is 0 Å². The van der Waals surface area contributed by atoms with E-state index in [-0.39, 0.29) is 19.1 Å². The Labute approximate surface area is 476 Å². The van der Waals surface area contributed by atoms with Gasteiger partial charge in [-0.15, -0.1) is 0 Å². The molecule has 3 atom stereocenters. The smallest absolute Gasteiger partial charge is 0.268 e. The minimum atomic E-state index is -4.57. The number of carbonyl (C=O) groups excluding carboxylic acids is 1. The maximum absolute atomic E-state index is 13.0. The first kappa shape index (κ1) is 75.5. The summed E-state index contributed by atoms with van der Waals surface area (Å²) in [6.45, 7) is 4.79. The van der Waals surface area contributed by atoms with Crippen LogP contribution in [-0.2, 0) is 18.4 Å². The van der Waals surface area contributed by atoms with E-state index < -0.39 is 20.0 Å². The molecule has 0 rings (SSSR count). The molecule has 0 heterocycles. The van der Waals surface area contributed by atoms with Gasteiger partial charge in [0.05, 0.1) is 39.9 Å². The summed E-state index contributed by atoms with van der Waals surface area (Å²) in [6, 6.07) is -0.796. The van der Waals surface area contributed by atoms with Crippen LogP contribution in [0.2, 0.25) is 0 Å². The largest absolute Gasteiger partial charge is 0.756 e. The van der Waals surface area contributed by atoms with Gasteiger partial charge in [-0.3, -0.25) is 9.36 Å². The Morgan fingerprint density at radius 3 is 0.895 bits per heavy atom. The van der Waals surface area contributed by atoms with Gasteiger partial charge in [0.1, 0.15) is 13.2 Å². The second kappa shape index (κ2) is 59.1. The van der Waals surface area contributed by atoms with Crippen molar-refractivity contribution in [3.8, 4) is 0 Å². The van der Waals surface area contributed by atoms with Crippen LogP contribution in [0.3, 0.4) is 0 Å². The van der Waals surface area contributed by atoms with Gasteiger partial charge in [-0.2, -0.15) is 0 Å². The van der Waals surface area contributed by atoms with Gasteiger partial charge in [0.2, 0.25) is 5.91 Å². The number of likely N-dealkylation sites (N-methyl/N-ethyl adjacent to an activating group) is 1. The number of nitrogens with zero attached hydrogens (tertiary/aromatic N) is 1. The molecule has 0 saturated heterocycles. The number of quaternary nitrogens is 1. The average Bonchev–Trinajstić information content (AvgIpc) is 3.38. The van der Waals surface area contributed by atoms with E-state index in [1.54, 1.807) is 0 Å². The lowest BCUT2D eigenvalue weighted by Gasteiger charge is -2.30. The number of amides is 1. The second-order valence-electron chi connectivity index (χ2n) is 25.3. The highest BCUT2D eigenvalue weighted by atomic mass is 31.2. The van der Waals surface area contributed by atoms with Gasteiger partial charge in [-0.05, 0) is 12.8 Å². The lowest BCUT2D eigenvalue weighted by Crippen LogP contribution is -2.46. The van der Waals surface area contributed by atoms with Crippen molar-refractivity contribution in [2.24, 2.45) is 0 Å². The first-order valence-electron chi connectivity index (χ1n) is 34.4. The standard InChI is InChI=1S/C67H137N2O6P/c1-6-8-10-12-14-16-18-20-22-24-26-27-28-29-30-31-32-33-34-35-36-37-38-39-40-41-42-43-45-47-49-51-53-55-57-59-61-67(71)68-65(64-75-76(72,73)74-63-62-69(3,4)5)66(70)60-58-56-54-52-50-48-46-44-25-23-21-19-17-15-13-11-9-7-2/h65-66,70H,6-64H2,1-5H3,(H-,68,71,72,73). The van der Waals surface area contributed by atoms with Crippen LogP contribution in [-0.4, -0.2) is 68.5 Å². The average molecular weight is 1100 g/mol. The Morgan fingerprint density at radius 2 is 0.645 bits per heavy atom. The Balaban J connectivity index is 3.89. The number of aliphatic hydroxyl groups excluding tert-OH is 1. The summed E-state index contributed by atoms with van der Waals surface area (Å²) in [6.07, 6.45) is 73.3. The van der Waals surface area contributed by atoms with Crippen molar-refractivity contribution in [3.63, 3.8) is 0 Å². The van der Waals surface area contributed by atoms with E-state index in [1.807, 2.05) is 21.1 Å². The lowest BCUT2D eigenvalue weighted by atomic mass is 10.0. The minimum Gasteiger partial charge on any atom is -0.756 e. The van der Waals surface area contributed by atoms with E-state index in [2.05, 4.69) is 19.2 Å². The molecule has 0 aliphatic heterocycles. The van der Waals surface area contributed by atoms with Crippen LogP contribution in [0.25, 0.3) is 0 Å². The number of rotatable bonds is 65. The summed E-state index contributed by atoms with van der Waals surface area (Å²) in [7, 11) is 1.33. The highest BCUT2D eigenvalue weighted by molar-refractivity contribution is 7.45. The van der Waals surface area contributed by atoms with E-state index >= 15 is 0 Å². The van der Waals surface area contributed by atoms with Gasteiger partial charge in [0, 0.05) is 6.42 Å². The lowest BCUT2D eigenvalue weighted by molar-refractivity contribution is -0.870. The van der Waals surface area contributed by atoms with Crippen molar-refractivity contribution < 1.29 is 32.9 Å². The van der Waals surface area contributed by atoms with Crippen LogP contribution < -0.4 is 10.2 Å². The Kier molecular flexibility index (Phi) is 58.7. The van der Waals surface area contributed by atoms with Crippen LogP contribution in [0.5, 0.6) is 0 Å². The molecule has 0 bridgehead atoms. The Morgan fingerprint density at radius 1 is 0.408 bits per heavy atom. The third-order valence-corrected chi connectivity index (χ3v) is 17.3. The minimum absolute atomic E-state index is 0.0168. The molecule has 3 unspecified atom stereocenters. The number of hydrogen-bond acceptors (Lipinski definition) is 6. The molecule has 8 nitrogen and oxygen atoms in total. The molecule has 2 N–H and O–H groups in total. The van der Waals surface area contributed by atoms with Gasteiger partial charge in [0.15, 0.2) is 0 Å². The molecule has 0 aliphatic carbocycles. The summed E-state index contributed by atoms with van der Waals surface area (Å²) in [5.41, 5.74) is 0. The van der Waals surface area contributed by atoms with Crippen LogP contribution >= 0.6 is 7.82 Å². The summed E-state index contributed by atoms with van der Waals surface area (Å²) in [5.74, 6) is -0.154. The maximum atomic E-state index is 13.0. The van der Waals surface area contributed by atoms with E-state index in [0.29, 0.717) is 23.9 Å². The Bertz CT molecular complexity index is 1200. The van der Waals surface area contributed by atoms with Crippen LogP contribution in [0.15, 0.2) is 0 Å². The fraction of sp³-hybridized carbons (Fsp3) is 0.985. The molecule has 0 fully saturated rings. The van der Waals surface area contributed by atoms with Gasteiger partial charge in [-0.25, -0.2) is 0 Å². The zero-order valence-electron chi connectivity index (χ0n) is 52.3. The van der Waals surface area contributed by atoms with Gasteiger partial charge >= 0.3 is 0 Å². The summed E-state index contributed by atoms with van der Waals surface area (Å²) in [5, 5.41) is 14.1. The quantitative estimate of drug-likeness (QED) is 0.0357. The molecule has 76 heavy (non-hydrogen) atoms. The van der Waals surface area contributed by atoms with E-state index in [1.165, 1.54) is 308 Å². The summed E-state index contributed by atoms with van der Waals surface area (Å²) in [4.78, 5) is 25.6. The van der Waals surface area contributed by atoms with E-state index in [4.69, 9.17) is 9.05 Å². The van der Waals surface area contributed by atoms with Crippen LogP contribution in [0, 0.1) is 0 Å². The van der Waals surface area contributed by atoms with Crippen molar-refractivity contribution in [1.82, 2.24) is 5.32 Å². The number of phosphoric ester groups is 1. The van der Waals surface area contributed by atoms with Crippen molar-refractivity contribution in [2.75, 3.05) is 40.9 Å². The highest BCUT2D eigenvalue weighted by Crippen LogP contribution is 2.38. The molecule has 0 aromatic carbocycles. The molecule has 0 spiro atoms. The third kappa shape index (κ3) is 61.1. The molecule has 0 aromatic heterocycles. The summed E-state index contributed by atoms with van der Waals surface area (Å²) < 4.78 is 23.5. The predicted molar refractivity (Wildman–Crippen MR) is 330 cm³/mol. The summed E-state index contributed by atoms with van der Waals surface area (Å²) >= 11 is 0. The zero-order valence-corrected chi connectivity index (χ0v) is 53.2. The normalized spacial score (nSPS) is 13.6. The van der Waals surface area contributed by atoms with Gasteiger partial charge in [-0.1, -0.05) is 354 Å². The molecule has 0 aromatic rings. The fourth-order valence-electron chi connectivity index (χ4n) is 11.0. The molecule has 456 valence electrons. The third-order valence-electron chi connectivity index (χ3n) is 16.3. The van der Waals surface area contributed by atoms with Crippen LogP contribution in [0.4, 0.5) is 0 Å². The SMILES string of the molecule is CCCCCCCCCCCCCCCCCCCCCCCCCCCCCCCCCCCCCCC(=O)NC(COP(=O)([O-])OCC[N+](C)(C)C)C(O)CCCCCCCCCCCCCCCCCCCC. The highest BCUT2D eigenvalue weighted by Gasteiger charge is 2.24. The van der Waals surface area contributed by atoms with Crippen LogP contribution in [0.1, 0.15) is 373 Å². The Hall–Kier alpha value is -0.500. The van der Waals surface area contributed by atoms with Gasteiger partial charge in [0.25, 0.3) is 7.82 Å². The number of hydrogen-bond donors (Lipinski definition) is 2. The fourth-order valence-corrected chi connectivity index (χ4v) is 11.7. The van der Waals surface area contributed by atoms with Crippen molar-refractivity contribution in [2.45, 2.75) is 386 Å². The monoisotopic (exact) mass is 1100 g/mol. The van der Waals surface area contributed by atoms with Crippen molar-refractivity contribution >= 4 is 13.7 Å². The number of nitrogens with one attached hydrogen (secondary N) is 1. The zero-order chi connectivity index (χ0) is 55.6. The molecular weight excluding hydrogens is 960 g/mol. The first-order chi connectivity index (χ1) is 37.0. The van der Waals surface area contributed by atoms with E-state index in [0.717, 1.165) is 38.5 Å². The number of carbonyl (C=O) groups is 1. The molecule has 1 amide bonds. The van der Waals surface area contributed by atoms with Gasteiger partial charge < -0.3 is 28.8 Å². The molecular formula is C67H137N2O6P. The van der Waals surface area contributed by atoms with E-state index in [9.17, 15) is 19.4 Å². The van der Waals surface area contributed by atoms with Crippen molar-refractivity contribution in [1.29, 1.82) is 0 Å². The molecule has 9 heteroatoms. The topological polar surface area (TPSA) is 108 Å². The predicted octanol–water partition coefficient (Wildman–Crippen LogP) is 20.9. The number of phosphoric acid groups is 1. The molecule has 0 saturated carbocycles. The maximum Gasteiger partial charge on any atom is 0.268 e. The molecule has 0 radical (unpaired) electrons.